The third kappa shape index (κ3) is 4.17. The molecule has 0 amide bonds. The quantitative estimate of drug-likeness (QED) is 0.575. The Morgan fingerprint density at radius 3 is 2.53 bits per heavy atom. The smallest absolute Gasteiger partial charge is 0.387 e. The number of sulfonamides is 1. The number of alkyl halides is 2. The maximum absolute atomic E-state index is 13.1. The van der Waals surface area contributed by atoms with Crippen LogP contribution in [0.1, 0.15) is 18.7 Å². The van der Waals surface area contributed by atoms with Gasteiger partial charge in [0.1, 0.15) is 5.75 Å². The predicted molar refractivity (Wildman–Crippen MR) is 111 cm³/mol. The van der Waals surface area contributed by atoms with E-state index in [4.69, 9.17) is 0 Å². The van der Waals surface area contributed by atoms with Crippen LogP contribution in [0.15, 0.2) is 53.4 Å². The average Bonchev–Trinajstić information content (AvgIpc) is 3.29. The molecule has 1 aromatic heterocycles. The number of rotatable bonds is 7. The zero-order valence-electron chi connectivity index (χ0n) is 17.1. The van der Waals surface area contributed by atoms with Crippen molar-refractivity contribution in [1.82, 2.24) is 14.1 Å². The van der Waals surface area contributed by atoms with Crippen molar-refractivity contribution in [3.05, 3.63) is 54.2 Å². The molecule has 0 bridgehead atoms. The van der Waals surface area contributed by atoms with E-state index in [0.717, 1.165) is 10.9 Å². The first-order chi connectivity index (χ1) is 15.2. The van der Waals surface area contributed by atoms with Gasteiger partial charge in [0.15, 0.2) is 0 Å². The second kappa shape index (κ2) is 8.47. The zero-order valence-corrected chi connectivity index (χ0v) is 17.9. The van der Waals surface area contributed by atoms with Crippen molar-refractivity contribution in [1.29, 1.82) is 0 Å². The standard InChI is InChI=1S/C21H21F2N3O5S/c1-13-11-25(32(29,30)15-8-6-14(7-9-15)31-21(22)23)12-19(13)26-18-5-3-2-4-16(18)17(24-26)10-20(27)28/h2-9,13,19,21H,10-12H2,1H3,(H,27,28)/t13-,19+/m1/s1. The van der Waals surface area contributed by atoms with Gasteiger partial charge in [-0.05, 0) is 36.2 Å². The maximum atomic E-state index is 13.1. The van der Waals surface area contributed by atoms with Crippen molar-refractivity contribution < 1.29 is 31.8 Å². The number of carboxylic acids is 1. The molecule has 0 unspecified atom stereocenters. The molecule has 1 N–H and O–H groups in total. The molecular weight excluding hydrogens is 444 g/mol. The minimum absolute atomic E-state index is 0.0242. The predicted octanol–water partition coefficient (Wildman–Crippen LogP) is 3.15. The van der Waals surface area contributed by atoms with E-state index in [1.807, 2.05) is 19.1 Å². The van der Waals surface area contributed by atoms with Crippen LogP contribution in [0.4, 0.5) is 8.78 Å². The first kappa shape index (κ1) is 22.2. The van der Waals surface area contributed by atoms with Crippen molar-refractivity contribution >= 4 is 26.9 Å². The molecule has 2 heterocycles. The van der Waals surface area contributed by atoms with Crippen LogP contribution in [-0.2, 0) is 21.2 Å². The molecule has 0 aliphatic carbocycles. The van der Waals surface area contributed by atoms with Crippen molar-refractivity contribution in [2.24, 2.45) is 5.92 Å². The largest absolute Gasteiger partial charge is 0.481 e. The van der Waals surface area contributed by atoms with Crippen molar-refractivity contribution in [3.8, 4) is 5.75 Å². The Labute approximate surface area is 183 Å². The Hall–Kier alpha value is -3.05. The third-order valence-corrected chi connectivity index (χ3v) is 7.39. The number of para-hydroxylation sites is 1. The Morgan fingerprint density at radius 2 is 1.88 bits per heavy atom. The van der Waals surface area contributed by atoms with Gasteiger partial charge in [-0.25, -0.2) is 8.42 Å². The summed E-state index contributed by atoms with van der Waals surface area (Å²) in [4.78, 5) is 11.2. The summed E-state index contributed by atoms with van der Waals surface area (Å²) in [5, 5.41) is 14.4. The van der Waals surface area contributed by atoms with Gasteiger partial charge in [0.05, 0.1) is 28.6 Å². The molecule has 4 rings (SSSR count). The van der Waals surface area contributed by atoms with Gasteiger partial charge in [-0.2, -0.15) is 18.2 Å². The molecule has 2 aromatic carbocycles. The molecule has 1 saturated heterocycles. The number of aromatic nitrogens is 2. The fourth-order valence-electron chi connectivity index (χ4n) is 4.04. The van der Waals surface area contributed by atoms with Crippen LogP contribution in [0, 0.1) is 5.92 Å². The van der Waals surface area contributed by atoms with E-state index in [2.05, 4.69) is 9.84 Å². The Balaban J connectivity index is 1.62. The summed E-state index contributed by atoms with van der Waals surface area (Å²) >= 11 is 0. The lowest BCUT2D eigenvalue weighted by Gasteiger charge is -2.18. The summed E-state index contributed by atoms with van der Waals surface area (Å²) in [6.45, 7) is -0.693. The molecule has 2 atom stereocenters. The van der Waals surface area contributed by atoms with E-state index in [-0.39, 0.29) is 42.1 Å². The molecule has 1 aliphatic rings. The van der Waals surface area contributed by atoms with Crippen LogP contribution in [0.3, 0.4) is 0 Å². The number of hydrogen-bond acceptors (Lipinski definition) is 5. The van der Waals surface area contributed by atoms with Crippen molar-refractivity contribution in [3.63, 3.8) is 0 Å². The Bertz CT molecular complexity index is 1240. The average molecular weight is 465 g/mol. The second-order valence-corrected chi connectivity index (χ2v) is 9.63. The number of aliphatic carboxylic acids is 1. The van der Waals surface area contributed by atoms with Crippen LogP contribution in [0.5, 0.6) is 5.75 Å². The summed E-state index contributed by atoms with van der Waals surface area (Å²) < 4.78 is 58.3. The summed E-state index contributed by atoms with van der Waals surface area (Å²) in [6, 6.07) is 11.8. The van der Waals surface area contributed by atoms with Gasteiger partial charge in [0.25, 0.3) is 0 Å². The number of hydrogen-bond donors (Lipinski definition) is 1. The monoisotopic (exact) mass is 465 g/mol. The highest BCUT2D eigenvalue weighted by molar-refractivity contribution is 7.89. The number of nitrogens with zero attached hydrogens (tertiary/aromatic N) is 3. The molecule has 1 fully saturated rings. The number of ether oxygens (including phenoxy) is 1. The van der Waals surface area contributed by atoms with E-state index in [1.165, 1.54) is 28.6 Å². The van der Waals surface area contributed by atoms with E-state index in [9.17, 15) is 27.1 Å². The van der Waals surface area contributed by atoms with Crippen LogP contribution in [-0.4, -0.2) is 53.3 Å². The van der Waals surface area contributed by atoms with E-state index in [1.54, 1.807) is 16.8 Å². The molecule has 1 aliphatic heterocycles. The van der Waals surface area contributed by atoms with Gasteiger partial charge in [0, 0.05) is 18.5 Å². The first-order valence-corrected chi connectivity index (χ1v) is 11.3. The first-order valence-electron chi connectivity index (χ1n) is 9.89. The SMILES string of the molecule is C[C@@H]1CN(S(=O)(=O)c2ccc(OC(F)F)cc2)C[C@@H]1n1nc(CC(=O)O)c2ccccc21. The summed E-state index contributed by atoms with van der Waals surface area (Å²) in [5.41, 5.74) is 1.17. The molecule has 170 valence electrons. The topological polar surface area (TPSA) is 102 Å². The minimum Gasteiger partial charge on any atom is -0.481 e. The zero-order chi connectivity index (χ0) is 23.0. The lowest BCUT2D eigenvalue weighted by Crippen LogP contribution is -2.29. The summed E-state index contributed by atoms with van der Waals surface area (Å²) in [6.07, 6.45) is -0.232. The van der Waals surface area contributed by atoms with Gasteiger partial charge in [-0.3, -0.25) is 9.48 Å². The molecule has 3 aromatic rings. The van der Waals surface area contributed by atoms with Crippen molar-refractivity contribution in [2.75, 3.05) is 13.1 Å². The molecular formula is C21H21F2N3O5S. The summed E-state index contributed by atoms with van der Waals surface area (Å²) in [7, 11) is -3.87. The maximum Gasteiger partial charge on any atom is 0.387 e. The van der Waals surface area contributed by atoms with Gasteiger partial charge >= 0.3 is 12.6 Å². The lowest BCUT2D eigenvalue weighted by molar-refractivity contribution is -0.136. The van der Waals surface area contributed by atoms with E-state index >= 15 is 0 Å². The van der Waals surface area contributed by atoms with Crippen LogP contribution < -0.4 is 4.74 Å². The van der Waals surface area contributed by atoms with Gasteiger partial charge in [-0.15, -0.1) is 0 Å². The number of benzene rings is 2. The number of halogens is 2. The number of fused-ring (bicyclic) bond motifs is 1. The Kier molecular flexibility index (Phi) is 5.87. The Morgan fingerprint density at radius 1 is 1.19 bits per heavy atom. The highest BCUT2D eigenvalue weighted by Gasteiger charge is 2.39. The lowest BCUT2D eigenvalue weighted by atomic mass is 10.1. The van der Waals surface area contributed by atoms with Gasteiger partial charge in [0.2, 0.25) is 10.0 Å². The molecule has 0 saturated carbocycles. The highest BCUT2D eigenvalue weighted by Crippen LogP contribution is 2.34. The minimum atomic E-state index is -3.87. The van der Waals surface area contributed by atoms with Gasteiger partial charge in [-0.1, -0.05) is 25.1 Å². The van der Waals surface area contributed by atoms with Gasteiger partial charge < -0.3 is 9.84 Å². The molecule has 11 heteroatoms. The third-order valence-electron chi connectivity index (χ3n) is 5.55. The molecule has 8 nitrogen and oxygen atoms in total. The fraction of sp³-hybridized carbons (Fsp3) is 0.333. The van der Waals surface area contributed by atoms with E-state index in [0.29, 0.717) is 5.69 Å². The summed E-state index contributed by atoms with van der Waals surface area (Å²) in [5.74, 6) is -1.21. The van der Waals surface area contributed by atoms with Crippen molar-refractivity contribution in [2.45, 2.75) is 30.9 Å². The van der Waals surface area contributed by atoms with E-state index < -0.39 is 22.6 Å². The number of carboxylic acid groups (broad SMARTS) is 1. The highest BCUT2D eigenvalue weighted by atomic mass is 32.2. The molecule has 0 spiro atoms. The second-order valence-electron chi connectivity index (χ2n) is 7.70. The van der Waals surface area contributed by atoms with Crippen LogP contribution in [0.25, 0.3) is 10.9 Å². The molecule has 0 radical (unpaired) electrons. The fourth-order valence-corrected chi connectivity index (χ4v) is 5.60. The molecule has 32 heavy (non-hydrogen) atoms. The number of carbonyl (C=O) groups is 1. The van der Waals surface area contributed by atoms with Crippen LogP contribution in [0.2, 0.25) is 0 Å². The normalized spacial score (nSPS) is 19.6. The van der Waals surface area contributed by atoms with Crippen LogP contribution >= 0.6 is 0 Å².